The van der Waals surface area contributed by atoms with Gasteiger partial charge in [-0.2, -0.15) is 11.8 Å². The zero-order chi connectivity index (χ0) is 8.81. The van der Waals surface area contributed by atoms with Gasteiger partial charge in [-0.05, 0) is 26.0 Å². The summed E-state index contributed by atoms with van der Waals surface area (Å²) >= 11 is 1.88. The number of hydrogen-bond acceptors (Lipinski definition) is 3. The van der Waals surface area contributed by atoms with Crippen LogP contribution in [0.15, 0.2) is 4.99 Å². The molecule has 0 spiro atoms. The molecule has 2 nitrogen and oxygen atoms in total. The summed E-state index contributed by atoms with van der Waals surface area (Å²) in [5, 5.41) is 3.45. The molecule has 0 radical (unpaired) electrons. The van der Waals surface area contributed by atoms with Gasteiger partial charge in [0, 0.05) is 24.8 Å². The van der Waals surface area contributed by atoms with Gasteiger partial charge in [0.2, 0.25) is 0 Å². The maximum atomic E-state index is 4.45. The summed E-state index contributed by atoms with van der Waals surface area (Å²) in [6, 6.07) is 0.567. The Bertz CT molecular complexity index is 157. The van der Waals surface area contributed by atoms with E-state index in [1.807, 2.05) is 11.8 Å². The molecular formula is C9H18N2S. The highest BCUT2D eigenvalue weighted by Gasteiger charge is 2.07. The van der Waals surface area contributed by atoms with E-state index < -0.39 is 0 Å². The smallest absolute Gasteiger partial charge is 0.0965 e. The van der Waals surface area contributed by atoms with Crippen molar-refractivity contribution in [3.63, 3.8) is 0 Å². The van der Waals surface area contributed by atoms with E-state index in [1.165, 1.54) is 24.4 Å². The first-order valence-electron chi connectivity index (χ1n) is 4.61. The van der Waals surface area contributed by atoms with Crippen molar-refractivity contribution in [3.8, 4) is 0 Å². The number of hydrogen-bond donors (Lipinski definition) is 1. The van der Waals surface area contributed by atoms with Crippen LogP contribution >= 0.6 is 11.8 Å². The summed E-state index contributed by atoms with van der Waals surface area (Å²) < 4.78 is 0. The number of aliphatic imine (C=N–C) groups is 1. The van der Waals surface area contributed by atoms with E-state index in [0.29, 0.717) is 6.04 Å². The topological polar surface area (TPSA) is 24.4 Å². The summed E-state index contributed by atoms with van der Waals surface area (Å²) in [5.74, 6) is 2.39. The van der Waals surface area contributed by atoms with Crippen molar-refractivity contribution < 1.29 is 0 Å². The second-order valence-electron chi connectivity index (χ2n) is 3.29. The van der Waals surface area contributed by atoms with Crippen molar-refractivity contribution in [3.05, 3.63) is 0 Å². The molecule has 12 heavy (non-hydrogen) atoms. The van der Waals surface area contributed by atoms with Crippen LogP contribution in [-0.2, 0) is 0 Å². The number of rotatable bonds is 3. The Balaban J connectivity index is 2.24. The van der Waals surface area contributed by atoms with Gasteiger partial charge in [0.15, 0.2) is 0 Å². The Morgan fingerprint density at radius 3 is 3.00 bits per heavy atom. The van der Waals surface area contributed by atoms with E-state index in [4.69, 9.17) is 0 Å². The number of thioether (sulfide) groups is 1. The molecule has 0 bridgehead atoms. The zero-order valence-corrected chi connectivity index (χ0v) is 8.78. The largest absolute Gasteiger partial charge is 0.371 e. The lowest BCUT2D eigenvalue weighted by atomic mass is 10.2. The maximum absolute atomic E-state index is 4.45. The molecule has 1 rings (SSSR count). The van der Waals surface area contributed by atoms with Crippen LogP contribution in [0.1, 0.15) is 26.2 Å². The second kappa shape index (κ2) is 5.46. The first-order chi connectivity index (χ1) is 5.83. The monoisotopic (exact) mass is 186 g/mol. The molecule has 1 aliphatic rings. The molecule has 0 fully saturated rings. The molecular weight excluding hydrogens is 168 g/mol. The summed E-state index contributed by atoms with van der Waals surface area (Å²) in [7, 11) is 0. The van der Waals surface area contributed by atoms with Crippen LogP contribution in [0.25, 0.3) is 0 Å². The van der Waals surface area contributed by atoms with Gasteiger partial charge in [-0.3, -0.25) is 4.99 Å². The molecule has 1 N–H and O–H groups in total. The molecule has 0 saturated heterocycles. The van der Waals surface area contributed by atoms with Crippen LogP contribution in [0, 0.1) is 0 Å². The van der Waals surface area contributed by atoms with Gasteiger partial charge in [-0.15, -0.1) is 0 Å². The van der Waals surface area contributed by atoms with Crippen LogP contribution < -0.4 is 5.32 Å². The SMILES string of the molecule is CSCC(C)NC1=NCCCC1. The normalized spacial score (nSPS) is 20.0. The van der Waals surface area contributed by atoms with Gasteiger partial charge in [-0.25, -0.2) is 0 Å². The lowest BCUT2D eigenvalue weighted by molar-refractivity contribution is 0.670. The van der Waals surface area contributed by atoms with Gasteiger partial charge in [-0.1, -0.05) is 0 Å². The third kappa shape index (κ3) is 3.48. The lowest BCUT2D eigenvalue weighted by Crippen LogP contribution is -2.35. The van der Waals surface area contributed by atoms with E-state index in [2.05, 4.69) is 23.5 Å². The highest BCUT2D eigenvalue weighted by molar-refractivity contribution is 7.98. The number of nitrogens with one attached hydrogen (secondary N) is 1. The molecule has 1 aliphatic heterocycles. The molecule has 1 heterocycles. The number of nitrogens with zero attached hydrogens (tertiary/aromatic N) is 1. The molecule has 0 aromatic carbocycles. The van der Waals surface area contributed by atoms with Crippen molar-refractivity contribution in [1.29, 1.82) is 0 Å². The average Bonchev–Trinajstić information content (AvgIpc) is 2.06. The quantitative estimate of drug-likeness (QED) is 0.728. The molecule has 1 unspecified atom stereocenters. The van der Waals surface area contributed by atoms with Crippen molar-refractivity contribution in [1.82, 2.24) is 5.32 Å². The van der Waals surface area contributed by atoms with Gasteiger partial charge in [0.05, 0.1) is 5.84 Å². The molecule has 0 amide bonds. The Morgan fingerprint density at radius 2 is 2.42 bits per heavy atom. The molecule has 1 atom stereocenters. The fourth-order valence-electron chi connectivity index (χ4n) is 1.39. The Kier molecular flexibility index (Phi) is 4.51. The molecule has 0 aliphatic carbocycles. The first kappa shape index (κ1) is 9.90. The third-order valence-electron chi connectivity index (χ3n) is 1.95. The zero-order valence-electron chi connectivity index (χ0n) is 7.97. The molecule has 70 valence electrons. The molecule has 0 aromatic heterocycles. The predicted octanol–water partition coefficient (Wildman–Crippen LogP) is 1.91. The highest BCUT2D eigenvalue weighted by Crippen LogP contribution is 2.05. The highest BCUT2D eigenvalue weighted by atomic mass is 32.2. The standard InChI is InChI=1S/C9H18N2S/c1-8(7-12-2)11-9-5-3-4-6-10-9/h8H,3-7H2,1-2H3,(H,10,11). The van der Waals surface area contributed by atoms with Crippen molar-refractivity contribution >= 4 is 17.6 Å². The lowest BCUT2D eigenvalue weighted by Gasteiger charge is -2.18. The maximum Gasteiger partial charge on any atom is 0.0965 e. The minimum Gasteiger partial charge on any atom is -0.371 e. The van der Waals surface area contributed by atoms with E-state index in [0.717, 1.165) is 13.0 Å². The van der Waals surface area contributed by atoms with Crippen LogP contribution in [0.3, 0.4) is 0 Å². The third-order valence-corrected chi connectivity index (χ3v) is 2.79. The van der Waals surface area contributed by atoms with Crippen LogP contribution in [0.5, 0.6) is 0 Å². The van der Waals surface area contributed by atoms with E-state index >= 15 is 0 Å². The molecule has 3 heteroatoms. The van der Waals surface area contributed by atoms with Gasteiger partial charge in [0.1, 0.15) is 0 Å². The molecule has 0 saturated carbocycles. The fraction of sp³-hybridized carbons (Fsp3) is 0.889. The second-order valence-corrected chi connectivity index (χ2v) is 4.20. The van der Waals surface area contributed by atoms with Crippen LogP contribution in [-0.4, -0.2) is 30.4 Å². The van der Waals surface area contributed by atoms with Crippen molar-refractivity contribution in [2.75, 3.05) is 18.6 Å². The minimum atomic E-state index is 0.567. The van der Waals surface area contributed by atoms with Crippen molar-refractivity contribution in [2.24, 2.45) is 4.99 Å². The predicted molar refractivity (Wildman–Crippen MR) is 57.1 cm³/mol. The van der Waals surface area contributed by atoms with Crippen LogP contribution in [0.4, 0.5) is 0 Å². The Labute approximate surface area is 79.2 Å². The Hall–Kier alpha value is -0.180. The van der Waals surface area contributed by atoms with Gasteiger partial charge in [0.25, 0.3) is 0 Å². The fourth-order valence-corrected chi connectivity index (χ4v) is 1.97. The summed E-state index contributed by atoms with van der Waals surface area (Å²) in [6.45, 7) is 3.24. The number of amidine groups is 1. The van der Waals surface area contributed by atoms with E-state index in [1.54, 1.807) is 0 Å². The van der Waals surface area contributed by atoms with Gasteiger partial charge < -0.3 is 5.32 Å². The van der Waals surface area contributed by atoms with E-state index in [-0.39, 0.29) is 0 Å². The van der Waals surface area contributed by atoms with Gasteiger partial charge >= 0.3 is 0 Å². The van der Waals surface area contributed by atoms with E-state index in [9.17, 15) is 0 Å². The summed E-state index contributed by atoms with van der Waals surface area (Å²) in [6.07, 6.45) is 5.86. The minimum absolute atomic E-state index is 0.567. The molecule has 0 aromatic rings. The Morgan fingerprint density at radius 1 is 1.58 bits per heavy atom. The average molecular weight is 186 g/mol. The van der Waals surface area contributed by atoms with Crippen molar-refractivity contribution in [2.45, 2.75) is 32.2 Å². The van der Waals surface area contributed by atoms with Crippen LogP contribution in [0.2, 0.25) is 0 Å². The summed E-state index contributed by atoms with van der Waals surface area (Å²) in [4.78, 5) is 4.45. The first-order valence-corrected chi connectivity index (χ1v) is 6.01. The summed E-state index contributed by atoms with van der Waals surface area (Å²) in [5.41, 5.74) is 0.